The van der Waals surface area contributed by atoms with Gasteiger partial charge >= 0.3 is 0 Å². The molecule has 0 atom stereocenters. The van der Waals surface area contributed by atoms with Gasteiger partial charge in [-0.2, -0.15) is 5.10 Å². The maximum Gasteiger partial charge on any atom is 0.159 e. The van der Waals surface area contributed by atoms with Crippen LogP contribution in [-0.4, -0.2) is 54.3 Å². The maximum atomic E-state index is 6.22. The standard InChI is InChI=1S/C28H24N8O/c1-2-18(14-30-8-1)25-27-24(7-11-32-25)33-28(34-27)26-22-13-17(3-4-23(22)35-36-26)19-12-21(16-31-15-19)37-20-5-9-29-10-6-20/h1-4,7-8,11-16,20,29H,5-6,9-10H2,(H,33,34)(H,35,36). The Balaban J connectivity index is 1.26. The topological polar surface area (TPSA) is 117 Å². The molecule has 0 saturated carbocycles. The van der Waals surface area contributed by atoms with Gasteiger partial charge in [0.2, 0.25) is 0 Å². The van der Waals surface area contributed by atoms with Gasteiger partial charge in [0.1, 0.15) is 23.1 Å². The Labute approximate surface area is 212 Å². The van der Waals surface area contributed by atoms with Crippen LogP contribution in [0, 0.1) is 0 Å². The van der Waals surface area contributed by atoms with Crippen molar-refractivity contribution in [1.29, 1.82) is 0 Å². The molecular weight excluding hydrogens is 464 g/mol. The highest BCUT2D eigenvalue weighted by atomic mass is 16.5. The predicted molar refractivity (Wildman–Crippen MR) is 142 cm³/mol. The number of pyridine rings is 3. The molecule has 3 N–H and O–H groups in total. The van der Waals surface area contributed by atoms with Crippen molar-refractivity contribution in [2.24, 2.45) is 0 Å². The van der Waals surface area contributed by atoms with Crippen molar-refractivity contribution < 1.29 is 4.74 Å². The molecule has 0 spiro atoms. The van der Waals surface area contributed by atoms with E-state index in [9.17, 15) is 0 Å². The summed E-state index contributed by atoms with van der Waals surface area (Å²) in [6.07, 6.45) is 11.2. The Morgan fingerprint density at radius 1 is 0.811 bits per heavy atom. The number of hydrogen-bond acceptors (Lipinski definition) is 7. The number of nitrogens with zero attached hydrogens (tertiary/aromatic N) is 5. The van der Waals surface area contributed by atoms with Crippen LogP contribution in [0.5, 0.6) is 5.75 Å². The molecular formula is C28H24N8O. The lowest BCUT2D eigenvalue weighted by Crippen LogP contribution is -2.34. The molecule has 1 aliphatic rings. The highest BCUT2D eigenvalue weighted by molar-refractivity contribution is 5.97. The molecule has 182 valence electrons. The van der Waals surface area contributed by atoms with Crippen LogP contribution in [0.15, 0.2) is 73.4 Å². The molecule has 0 bridgehead atoms. The zero-order valence-corrected chi connectivity index (χ0v) is 20.0. The summed E-state index contributed by atoms with van der Waals surface area (Å²) in [5, 5.41) is 12.1. The van der Waals surface area contributed by atoms with E-state index in [1.165, 1.54) is 0 Å². The molecule has 9 nitrogen and oxygen atoms in total. The third-order valence-electron chi connectivity index (χ3n) is 6.76. The van der Waals surface area contributed by atoms with Gasteiger partial charge in [-0.1, -0.05) is 6.07 Å². The molecule has 1 aromatic carbocycles. The molecule has 6 heterocycles. The molecule has 0 aliphatic carbocycles. The number of fused-ring (bicyclic) bond motifs is 2. The van der Waals surface area contributed by atoms with Gasteiger partial charge in [-0.05, 0) is 67.9 Å². The Kier molecular flexibility index (Phi) is 5.32. The van der Waals surface area contributed by atoms with Gasteiger partial charge in [-0.15, -0.1) is 0 Å². The van der Waals surface area contributed by atoms with Crippen LogP contribution in [0.2, 0.25) is 0 Å². The number of imidazole rings is 1. The lowest BCUT2D eigenvalue weighted by Gasteiger charge is -2.23. The first-order chi connectivity index (χ1) is 18.3. The summed E-state index contributed by atoms with van der Waals surface area (Å²) in [4.78, 5) is 21.6. The van der Waals surface area contributed by atoms with Crippen LogP contribution in [0.3, 0.4) is 0 Å². The third kappa shape index (κ3) is 4.09. The molecule has 1 saturated heterocycles. The number of benzene rings is 1. The number of piperidine rings is 1. The smallest absolute Gasteiger partial charge is 0.159 e. The molecule has 6 aromatic rings. The summed E-state index contributed by atoms with van der Waals surface area (Å²) >= 11 is 0. The summed E-state index contributed by atoms with van der Waals surface area (Å²) < 4.78 is 6.22. The summed E-state index contributed by atoms with van der Waals surface area (Å²) in [6, 6.07) is 14.1. The summed E-state index contributed by atoms with van der Waals surface area (Å²) in [5.74, 6) is 1.47. The van der Waals surface area contributed by atoms with Crippen LogP contribution < -0.4 is 10.1 Å². The van der Waals surface area contributed by atoms with E-state index >= 15 is 0 Å². The summed E-state index contributed by atoms with van der Waals surface area (Å²) in [7, 11) is 0. The van der Waals surface area contributed by atoms with Crippen molar-refractivity contribution in [3.05, 3.63) is 73.4 Å². The maximum absolute atomic E-state index is 6.22. The molecule has 1 fully saturated rings. The first-order valence-electron chi connectivity index (χ1n) is 12.4. The fraction of sp³-hybridized carbons (Fsp3) is 0.179. The number of rotatable bonds is 5. The second-order valence-corrected chi connectivity index (χ2v) is 9.19. The normalized spacial score (nSPS) is 14.4. The zero-order valence-electron chi connectivity index (χ0n) is 20.0. The first kappa shape index (κ1) is 21.6. The van der Waals surface area contributed by atoms with Gasteiger partial charge in [0, 0.05) is 41.3 Å². The van der Waals surface area contributed by atoms with Gasteiger partial charge in [0.05, 0.1) is 22.9 Å². The Hall–Kier alpha value is -4.63. The van der Waals surface area contributed by atoms with E-state index in [0.29, 0.717) is 5.82 Å². The quantitative estimate of drug-likeness (QED) is 0.320. The SMILES string of the molecule is c1cncc(-c2nccc3[nH]c(-c4n[nH]c5ccc(-c6cncc(OC7CCNCC7)c6)cc45)nc23)c1. The van der Waals surface area contributed by atoms with Crippen molar-refractivity contribution in [1.82, 2.24) is 40.4 Å². The van der Waals surface area contributed by atoms with Crippen molar-refractivity contribution in [2.75, 3.05) is 13.1 Å². The van der Waals surface area contributed by atoms with Gasteiger partial charge in [0.15, 0.2) is 5.82 Å². The largest absolute Gasteiger partial charge is 0.489 e. The van der Waals surface area contributed by atoms with Gasteiger partial charge in [0.25, 0.3) is 0 Å². The number of hydrogen-bond donors (Lipinski definition) is 3. The van der Waals surface area contributed by atoms with Crippen molar-refractivity contribution in [3.63, 3.8) is 0 Å². The lowest BCUT2D eigenvalue weighted by molar-refractivity contribution is 0.162. The number of ether oxygens (including phenoxy) is 1. The van der Waals surface area contributed by atoms with Gasteiger partial charge in [-0.3, -0.25) is 20.1 Å². The van der Waals surface area contributed by atoms with E-state index in [4.69, 9.17) is 9.72 Å². The van der Waals surface area contributed by atoms with Gasteiger partial charge in [-0.25, -0.2) is 4.98 Å². The molecule has 5 aromatic heterocycles. The number of aromatic amines is 2. The molecule has 9 heteroatoms. The third-order valence-corrected chi connectivity index (χ3v) is 6.76. The van der Waals surface area contributed by atoms with Crippen molar-refractivity contribution in [3.8, 4) is 39.7 Å². The van der Waals surface area contributed by atoms with Crippen LogP contribution >= 0.6 is 0 Å². The highest BCUT2D eigenvalue weighted by Gasteiger charge is 2.18. The second kappa shape index (κ2) is 9.11. The summed E-state index contributed by atoms with van der Waals surface area (Å²) in [5.41, 5.74) is 7.08. The van der Waals surface area contributed by atoms with Crippen LogP contribution in [0.4, 0.5) is 0 Å². The monoisotopic (exact) mass is 488 g/mol. The van der Waals surface area contributed by atoms with E-state index in [0.717, 1.165) is 81.7 Å². The lowest BCUT2D eigenvalue weighted by atomic mass is 10.0. The van der Waals surface area contributed by atoms with E-state index in [1.807, 2.05) is 30.5 Å². The molecule has 37 heavy (non-hydrogen) atoms. The number of nitrogens with one attached hydrogen (secondary N) is 3. The summed E-state index contributed by atoms with van der Waals surface area (Å²) in [6.45, 7) is 1.97. The molecule has 0 unspecified atom stereocenters. The van der Waals surface area contributed by atoms with E-state index in [2.05, 4.69) is 53.6 Å². The molecule has 0 amide bonds. The minimum atomic E-state index is 0.223. The van der Waals surface area contributed by atoms with Crippen molar-refractivity contribution in [2.45, 2.75) is 18.9 Å². The fourth-order valence-corrected chi connectivity index (χ4v) is 4.88. The van der Waals surface area contributed by atoms with Crippen molar-refractivity contribution >= 4 is 21.9 Å². The van der Waals surface area contributed by atoms with E-state index in [1.54, 1.807) is 24.8 Å². The van der Waals surface area contributed by atoms with Gasteiger partial charge < -0.3 is 15.0 Å². The molecule has 1 aliphatic heterocycles. The molecule has 7 rings (SSSR count). The minimum Gasteiger partial charge on any atom is -0.489 e. The first-order valence-corrected chi connectivity index (χ1v) is 12.4. The average Bonchev–Trinajstić information content (AvgIpc) is 3.58. The number of aromatic nitrogens is 7. The second-order valence-electron chi connectivity index (χ2n) is 9.19. The highest BCUT2D eigenvalue weighted by Crippen LogP contribution is 2.33. The Morgan fingerprint density at radius 2 is 1.73 bits per heavy atom. The van der Waals surface area contributed by atoms with E-state index in [-0.39, 0.29) is 6.10 Å². The van der Waals surface area contributed by atoms with Crippen LogP contribution in [-0.2, 0) is 0 Å². The Bertz CT molecular complexity index is 1700. The fourth-order valence-electron chi connectivity index (χ4n) is 4.88. The zero-order chi connectivity index (χ0) is 24.6. The van der Waals surface area contributed by atoms with Crippen LogP contribution in [0.1, 0.15) is 12.8 Å². The van der Waals surface area contributed by atoms with E-state index < -0.39 is 0 Å². The average molecular weight is 489 g/mol. The minimum absolute atomic E-state index is 0.223. The molecule has 0 radical (unpaired) electrons. The van der Waals surface area contributed by atoms with Crippen LogP contribution in [0.25, 0.3) is 55.8 Å². The Morgan fingerprint density at radius 3 is 2.62 bits per heavy atom. The number of H-pyrrole nitrogens is 2. The predicted octanol–water partition coefficient (Wildman–Crippen LogP) is 4.76.